The van der Waals surface area contributed by atoms with Crippen molar-refractivity contribution in [2.45, 2.75) is 41.5 Å². The molecule has 0 aromatic heterocycles. The van der Waals surface area contributed by atoms with Gasteiger partial charge in [0.05, 0.1) is 11.7 Å². The van der Waals surface area contributed by atoms with Gasteiger partial charge in [0.15, 0.2) is 11.6 Å². The highest BCUT2D eigenvalue weighted by atomic mass is 32.2. The Morgan fingerprint density at radius 1 is 1.04 bits per heavy atom. The summed E-state index contributed by atoms with van der Waals surface area (Å²) >= 11 is 4.02. The molecule has 2 bridgehead atoms. The number of benzene rings is 1. The van der Waals surface area contributed by atoms with Gasteiger partial charge < -0.3 is 4.74 Å². The van der Waals surface area contributed by atoms with Gasteiger partial charge in [-0.1, -0.05) is 6.42 Å². The van der Waals surface area contributed by atoms with Crippen LogP contribution in [0.5, 0.6) is 0 Å². The first-order chi connectivity index (χ1) is 12.1. The van der Waals surface area contributed by atoms with Crippen LogP contribution in [0.4, 0.5) is 0 Å². The van der Waals surface area contributed by atoms with Gasteiger partial charge in [0.2, 0.25) is 0 Å². The van der Waals surface area contributed by atoms with E-state index in [4.69, 9.17) is 4.74 Å². The van der Waals surface area contributed by atoms with Gasteiger partial charge in [-0.05, 0) is 60.6 Å². The molecular formula is C20H18O3S2. The van der Waals surface area contributed by atoms with E-state index in [0.29, 0.717) is 17.0 Å². The molecule has 3 aliphatic heterocycles. The van der Waals surface area contributed by atoms with Gasteiger partial charge in [-0.3, -0.25) is 9.59 Å². The number of allylic oxidation sites excluding steroid dienone is 2. The third kappa shape index (κ3) is 1.66. The SMILES string of the molecule is O=C1C=CC(=O)c2cc3c(cc21)[C@H]1C[C@@H]2CCC[C@@]2(O1)C31SCCS1. The molecule has 6 rings (SSSR count). The van der Waals surface area contributed by atoms with Crippen molar-refractivity contribution in [1.29, 1.82) is 0 Å². The van der Waals surface area contributed by atoms with Crippen LogP contribution in [-0.2, 0) is 8.82 Å². The molecule has 3 nitrogen and oxygen atoms in total. The van der Waals surface area contributed by atoms with E-state index in [0.717, 1.165) is 29.9 Å². The Morgan fingerprint density at radius 3 is 2.52 bits per heavy atom. The number of rotatable bonds is 0. The fourth-order valence-electron chi connectivity index (χ4n) is 5.72. The molecule has 2 saturated heterocycles. The second-order valence-corrected chi connectivity index (χ2v) is 10.6. The van der Waals surface area contributed by atoms with Gasteiger partial charge in [0.25, 0.3) is 0 Å². The first-order valence-electron chi connectivity index (χ1n) is 9.05. The predicted molar refractivity (Wildman–Crippen MR) is 99.4 cm³/mol. The van der Waals surface area contributed by atoms with Gasteiger partial charge >= 0.3 is 0 Å². The minimum absolute atomic E-state index is 0.0418. The number of hydrogen-bond acceptors (Lipinski definition) is 5. The summed E-state index contributed by atoms with van der Waals surface area (Å²) < 4.78 is 6.67. The van der Waals surface area contributed by atoms with Crippen LogP contribution in [-0.4, -0.2) is 28.7 Å². The fourth-order valence-corrected chi connectivity index (χ4v) is 9.58. The quantitative estimate of drug-likeness (QED) is 0.682. The smallest absolute Gasteiger partial charge is 0.186 e. The van der Waals surface area contributed by atoms with E-state index in [9.17, 15) is 9.59 Å². The van der Waals surface area contributed by atoms with Crippen LogP contribution >= 0.6 is 23.5 Å². The van der Waals surface area contributed by atoms with E-state index in [1.54, 1.807) is 0 Å². The Labute approximate surface area is 155 Å². The monoisotopic (exact) mass is 370 g/mol. The number of carbonyl (C=O) groups is 2. The zero-order valence-corrected chi connectivity index (χ0v) is 15.4. The summed E-state index contributed by atoms with van der Waals surface area (Å²) in [5, 5.41) is 0. The molecule has 5 heteroatoms. The van der Waals surface area contributed by atoms with Crippen molar-refractivity contribution in [2.24, 2.45) is 5.92 Å². The molecule has 3 atom stereocenters. The molecule has 0 unspecified atom stereocenters. The number of thioether (sulfide) groups is 2. The average Bonchev–Trinajstić information content (AvgIpc) is 3.29. The maximum Gasteiger partial charge on any atom is 0.186 e. The molecule has 2 spiro atoms. The van der Waals surface area contributed by atoms with E-state index in [2.05, 4.69) is 6.07 Å². The van der Waals surface area contributed by atoms with Crippen molar-refractivity contribution in [3.8, 4) is 0 Å². The molecule has 1 aromatic rings. The maximum absolute atomic E-state index is 12.4. The molecule has 0 radical (unpaired) electrons. The minimum atomic E-state index is -0.101. The van der Waals surface area contributed by atoms with E-state index < -0.39 is 0 Å². The van der Waals surface area contributed by atoms with Crippen molar-refractivity contribution >= 4 is 35.1 Å². The third-order valence-electron chi connectivity index (χ3n) is 6.67. The van der Waals surface area contributed by atoms with Crippen molar-refractivity contribution in [1.82, 2.24) is 0 Å². The lowest BCUT2D eigenvalue weighted by Gasteiger charge is -2.49. The van der Waals surface area contributed by atoms with Gasteiger partial charge in [-0.25, -0.2) is 0 Å². The van der Waals surface area contributed by atoms with Crippen LogP contribution in [0.2, 0.25) is 0 Å². The molecule has 0 N–H and O–H groups in total. The lowest BCUT2D eigenvalue weighted by atomic mass is 9.82. The Kier molecular flexibility index (Phi) is 2.90. The van der Waals surface area contributed by atoms with Crippen LogP contribution < -0.4 is 0 Å². The number of ether oxygens (including phenoxy) is 1. The van der Waals surface area contributed by atoms with E-state index in [-0.39, 0.29) is 27.4 Å². The lowest BCUT2D eigenvalue weighted by Crippen LogP contribution is -2.50. The first kappa shape index (κ1) is 15.1. The molecule has 1 aromatic carbocycles. The van der Waals surface area contributed by atoms with Crippen LogP contribution in [0.25, 0.3) is 0 Å². The zero-order valence-electron chi connectivity index (χ0n) is 13.7. The summed E-state index contributed by atoms with van der Waals surface area (Å²) in [6.07, 6.45) is 7.58. The highest BCUT2D eigenvalue weighted by Crippen LogP contribution is 2.73. The number of carbonyl (C=O) groups excluding carboxylic acids is 2. The Hall–Kier alpha value is -1.04. The minimum Gasteiger partial charge on any atom is -0.364 e. The first-order valence-corrected chi connectivity index (χ1v) is 11.0. The summed E-state index contributed by atoms with van der Waals surface area (Å²) in [6.45, 7) is 0. The van der Waals surface area contributed by atoms with E-state index in [1.165, 1.54) is 30.6 Å². The van der Waals surface area contributed by atoms with Crippen molar-refractivity contribution in [3.63, 3.8) is 0 Å². The highest BCUT2D eigenvalue weighted by molar-refractivity contribution is 8.20. The molecular weight excluding hydrogens is 352 g/mol. The Morgan fingerprint density at radius 2 is 1.76 bits per heavy atom. The van der Waals surface area contributed by atoms with Gasteiger partial charge in [0, 0.05) is 22.6 Å². The van der Waals surface area contributed by atoms with Gasteiger partial charge in [0.1, 0.15) is 4.08 Å². The normalized spacial score (nSPS) is 36.6. The molecule has 1 saturated carbocycles. The van der Waals surface area contributed by atoms with Crippen LogP contribution in [0, 0.1) is 5.92 Å². The van der Waals surface area contributed by atoms with Gasteiger partial charge in [-0.2, -0.15) is 0 Å². The van der Waals surface area contributed by atoms with Crippen molar-refractivity contribution in [3.05, 3.63) is 46.5 Å². The molecule has 25 heavy (non-hydrogen) atoms. The van der Waals surface area contributed by atoms with Gasteiger partial charge in [-0.15, -0.1) is 23.5 Å². The second-order valence-electron chi connectivity index (χ2n) is 7.68. The molecule has 0 amide bonds. The molecule has 3 fully saturated rings. The fraction of sp³-hybridized carbons (Fsp3) is 0.500. The summed E-state index contributed by atoms with van der Waals surface area (Å²) in [7, 11) is 0. The third-order valence-corrected chi connectivity index (χ3v) is 10.4. The summed E-state index contributed by atoms with van der Waals surface area (Å²) in [5.74, 6) is 2.74. The second kappa shape index (κ2) is 4.81. The molecule has 2 aliphatic carbocycles. The zero-order chi connectivity index (χ0) is 16.8. The van der Waals surface area contributed by atoms with Crippen LogP contribution in [0.3, 0.4) is 0 Å². The van der Waals surface area contributed by atoms with E-state index >= 15 is 0 Å². The van der Waals surface area contributed by atoms with Crippen molar-refractivity contribution < 1.29 is 14.3 Å². The predicted octanol–water partition coefficient (Wildman–Crippen LogP) is 4.27. The van der Waals surface area contributed by atoms with Crippen molar-refractivity contribution in [2.75, 3.05) is 11.5 Å². The summed E-state index contributed by atoms with van der Waals surface area (Å²) in [4.78, 5) is 24.8. The Bertz CT molecular complexity index is 868. The molecule has 3 heterocycles. The maximum atomic E-state index is 12.4. The highest BCUT2D eigenvalue weighted by Gasteiger charge is 2.69. The number of fused-ring (bicyclic) bond motifs is 5. The lowest BCUT2D eigenvalue weighted by molar-refractivity contribution is -0.0713. The summed E-state index contributed by atoms with van der Waals surface area (Å²) in [5.41, 5.74) is 3.51. The van der Waals surface area contributed by atoms with Crippen LogP contribution in [0.1, 0.15) is 63.6 Å². The topological polar surface area (TPSA) is 43.4 Å². The summed E-state index contributed by atoms with van der Waals surface area (Å²) in [6, 6.07) is 4.03. The number of hydrogen-bond donors (Lipinski definition) is 0. The molecule has 5 aliphatic rings. The number of ketones is 2. The standard InChI is InChI=1S/C20H18O3S2/c21-16-3-4-17(22)13-10-15-14(9-12(13)16)18-8-11-2-1-5-19(11,23-18)20(15)24-6-7-25-20/h3-4,9-11,18H,1-2,5-8H2/t11-,18+,19-/m0/s1. The van der Waals surface area contributed by atoms with E-state index in [1.807, 2.05) is 29.6 Å². The average molecular weight is 370 g/mol. The Balaban J connectivity index is 1.65. The molecule has 128 valence electrons. The van der Waals surface area contributed by atoms with Crippen LogP contribution in [0.15, 0.2) is 24.3 Å². The largest absolute Gasteiger partial charge is 0.364 e.